The lowest BCUT2D eigenvalue weighted by Crippen LogP contribution is -2.30. The topological polar surface area (TPSA) is 145 Å². The molecule has 1 saturated heterocycles. The highest BCUT2D eigenvalue weighted by atomic mass is 16.6. The molecule has 0 spiro atoms. The number of carbonyl (C=O) groups excluding carboxylic acids is 4. The first-order valence-corrected chi connectivity index (χ1v) is 13.1. The van der Waals surface area contributed by atoms with E-state index in [0.717, 1.165) is 6.42 Å². The van der Waals surface area contributed by atoms with Crippen molar-refractivity contribution in [3.05, 3.63) is 94.0 Å². The van der Waals surface area contributed by atoms with Gasteiger partial charge in [0.15, 0.2) is 6.61 Å². The van der Waals surface area contributed by atoms with Gasteiger partial charge in [0, 0.05) is 12.1 Å². The Morgan fingerprint density at radius 2 is 1.68 bits per heavy atom. The number of rotatable bonds is 8. The van der Waals surface area contributed by atoms with E-state index < -0.39 is 23.4 Å². The molecule has 210 valence electrons. The minimum atomic E-state index is -0.815. The molecule has 41 heavy (non-hydrogen) atoms. The van der Waals surface area contributed by atoms with Gasteiger partial charge in [-0.1, -0.05) is 30.3 Å². The van der Waals surface area contributed by atoms with Crippen molar-refractivity contribution in [2.75, 3.05) is 23.9 Å². The van der Waals surface area contributed by atoms with E-state index in [2.05, 4.69) is 5.32 Å². The SMILES string of the molecule is COc1ccc([N+](=O)[O-])c(NC(=O)COC(=O)c2ccc(N3C(=O)[C@H]4C[C@@H](c5ccccc5)CC[C@H]4C3=O)cc2)c1. The molecule has 0 bridgehead atoms. The highest BCUT2D eigenvalue weighted by molar-refractivity contribution is 6.22. The zero-order chi connectivity index (χ0) is 29.1. The Hall–Kier alpha value is -5.06. The molecule has 3 aromatic carbocycles. The standard InChI is InChI=1S/C30H27N3O8/c1-40-22-12-14-26(33(38)39)25(16-22)31-27(34)17-41-30(37)19-7-10-21(11-8-19)32-28(35)23-13-9-20(15-24(23)29(32)36)18-5-3-2-4-6-18/h2-8,10-12,14,16,20,23-24H,9,13,15,17H2,1H3,(H,31,34)/t20-,23+,24-/m0/s1. The Kier molecular flexibility index (Phi) is 7.77. The number of hydrogen-bond donors (Lipinski definition) is 1. The summed E-state index contributed by atoms with van der Waals surface area (Å²) >= 11 is 0. The molecule has 1 aliphatic carbocycles. The van der Waals surface area contributed by atoms with Gasteiger partial charge in [-0.3, -0.25) is 29.4 Å². The van der Waals surface area contributed by atoms with Crippen LogP contribution >= 0.6 is 0 Å². The van der Waals surface area contributed by atoms with Gasteiger partial charge >= 0.3 is 5.97 Å². The molecule has 3 atom stereocenters. The minimum Gasteiger partial charge on any atom is -0.497 e. The van der Waals surface area contributed by atoms with Crippen LogP contribution in [0.5, 0.6) is 5.75 Å². The van der Waals surface area contributed by atoms with E-state index >= 15 is 0 Å². The second-order valence-electron chi connectivity index (χ2n) is 9.96. The maximum atomic E-state index is 13.3. The van der Waals surface area contributed by atoms with Crippen molar-refractivity contribution in [2.24, 2.45) is 11.8 Å². The highest BCUT2D eigenvalue weighted by Gasteiger charge is 2.50. The number of esters is 1. The number of nitro benzene ring substituents is 1. The number of hydrogen-bond acceptors (Lipinski definition) is 8. The fraction of sp³-hybridized carbons (Fsp3) is 0.267. The van der Waals surface area contributed by atoms with Gasteiger partial charge in [0.25, 0.3) is 11.6 Å². The number of nitrogens with one attached hydrogen (secondary N) is 1. The summed E-state index contributed by atoms with van der Waals surface area (Å²) in [6.07, 6.45) is 2.08. The van der Waals surface area contributed by atoms with Crippen LogP contribution in [0.15, 0.2) is 72.8 Å². The minimum absolute atomic E-state index is 0.102. The fourth-order valence-corrected chi connectivity index (χ4v) is 5.51. The van der Waals surface area contributed by atoms with Crippen LogP contribution in [0.1, 0.15) is 41.1 Å². The first kappa shape index (κ1) is 27.5. The van der Waals surface area contributed by atoms with Gasteiger partial charge in [0.05, 0.1) is 35.1 Å². The zero-order valence-corrected chi connectivity index (χ0v) is 22.1. The molecule has 5 rings (SSSR count). The molecular weight excluding hydrogens is 530 g/mol. The van der Waals surface area contributed by atoms with E-state index in [1.54, 1.807) is 0 Å². The molecule has 0 radical (unpaired) electrons. The quantitative estimate of drug-likeness (QED) is 0.185. The summed E-state index contributed by atoms with van der Waals surface area (Å²) in [5.41, 5.74) is 1.20. The Morgan fingerprint density at radius 1 is 0.976 bits per heavy atom. The second kappa shape index (κ2) is 11.6. The number of amides is 3. The number of ether oxygens (including phenoxy) is 2. The van der Waals surface area contributed by atoms with Crippen LogP contribution in [-0.4, -0.2) is 42.3 Å². The van der Waals surface area contributed by atoms with Gasteiger partial charge in [-0.2, -0.15) is 0 Å². The third kappa shape index (κ3) is 5.65. The summed E-state index contributed by atoms with van der Waals surface area (Å²) in [5, 5.41) is 13.6. The third-order valence-corrected chi connectivity index (χ3v) is 7.57. The number of imide groups is 1. The van der Waals surface area contributed by atoms with Crippen molar-refractivity contribution in [3.63, 3.8) is 0 Å². The molecule has 1 heterocycles. The lowest BCUT2D eigenvalue weighted by molar-refractivity contribution is -0.383. The molecule has 11 heteroatoms. The van der Waals surface area contributed by atoms with E-state index in [4.69, 9.17) is 9.47 Å². The van der Waals surface area contributed by atoms with Crippen molar-refractivity contribution in [1.29, 1.82) is 0 Å². The average molecular weight is 558 g/mol. The number of methoxy groups -OCH3 is 1. The number of benzene rings is 3. The highest BCUT2D eigenvalue weighted by Crippen LogP contribution is 2.45. The molecule has 3 aromatic rings. The number of nitro groups is 1. The van der Waals surface area contributed by atoms with Crippen LogP contribution in [-0.2, 0) is 19.1 Å². The molecular formula is C30H27N3O8. The van der Waals surface area contributed by atoms with Gasteiger partial charge in [-0.25, -0.2) is 4.79 Å². The second-order valence-corrected chi connectivity index (χ2v) is 9.96. The van der Waals surface area contributed by atoms with Crippen LogP contribution in [0.3, 0.4) is 0 Å². The molecule has 11 nitrogen and oxygen atoms in total. The molecule has 1 aliphatic heterocycles. The Balaban J connectivity index is 1.20. The summed E-state index contributed by atoms with van der Waals surface area (Å²) in [7, 11) is 1.38. The third-order valence-electron chi connectivity index (χ3n) is 7.57. The molecule has 2 fully saturated rings. The van der Waals surface area contributed by atoms with E-state index in [9.17, 15) is 29.3 Å². The van der Waals surface area contributed by atoms with Gasteiger partial charge in [0.1, 0.15) is 11.4 Å². The lowest BCUT2D eigenvalue weighted by Gasteiger charge is -2.28. The summed E-state index contributed by atoms with van der Waals surface area (Å²) in [5.74, 6) is -2.28. The van der Waals surface area contributed by atoms with Crippen molar-refractivity contribution >= 4 is 40.8 Å². The molecule has 0 aromatic heterocycles. The monoisotopic (exact) mass is 557 g/mol. The van der Waals surface area contributed by atoms with E-state index in [1.807, 2.05) is 30.3 Å². The molecule has 3 amide bonds. The van der Waals surface area contributed by atoms with Gasteiger partial charge < -0.3 is 14.8 Å². The first-order chi connectivity index (χ1) is 19.8. The largest absolute Gasteiger partial charge is 0.497 e. The number of nitrogens with zero attached hydrogens (tertiary/aromatic N) is 2. The maximum absolute atomic E-state index is 13.3. The van der Waals surface area contributed by atoms with Gasteiger partial charge in [-0.05, 0) is 61.1 Å². The van der Waals surface area contributed by atoms with E-state index in [-0.39, 0.29) is 46.5 Å². The fourth-order valence-electron chi connectivity index (χ4n) is 5.51. The van der Waals surface area contributed by atoms with Crippen molar-refractivity contribution in [2.45, 2.75) is 25.2 Å². The summed E-state index contributed by atoms with van der Waals surface area (Å²) < 4.78 is 10.1. The lowest BCUT2D eigenvalue weighted by atomic mass is 9.73. The number of fused-ring (bicyclic) bond motifs is 1. The number of carbonyl (C=O) groups is 4. The van der Waals surface area contributed by atoms with Gasteiger partial charge in [-0.15, -0.1) is 0 Å². The van der Waals surface area contributed by atoms with Crippen molar-refractivity contribution < 1.29 is 33.6 Å². The Bertz CT molecular complexity index is 1510. The van der Waals surface area contributed by atoms with Gasteiger partial charge in [0.2, 0.25) is 11.8 Å². The van der Waals surface area contributed by atoms with Crippen LogP contribution in [0.4, 0.5) is 17.1 Å². The molecule has 2 aliphatic rings. The van der Waals surface area contributed by atoms with E-state index in [0.29, 0.717) is 24.3 Å². The average Bonchev–Trinajstić information content (AvgIpc) is 3.24. The molecule has 1 N–H and O–H groups in total. The molecule has 1 saturated carbocycles. The summed E-state index contributed by atoms with van der Waals surface area (Å²) in [4.78, 5) is 63.1. The van der Waals surface area contributed by atoms with Crippen molar-refractivity contribution in [1.82, 2.24) is 0 Å². The predicted molar refractivity (Wildman–Crippen MR) is 148 cm³/mol. The normalized spacial score (nSPS) is 19.8. The zero-order valence-electron chi connectivity index (χ0n) is 22.1. The Morgan fingerprint density at radius 3 is 2.37 bits per heavy atom. The van der Waals surface area contributed by atoms with Crippen LogP contribution in [0.25, 0.3) is 0 Å². The molecule has 0 unspecified atom stereocenters. The van der Waals surface area contributed by atoms with Crippen LogP contribution in [0.2, 0.25) is 0 Å². The smallest absolute Gasteiger partial charge is 0.338 e. The van der Waals surface area contributed by atoms with Crippen molar-refractivity contribution in [3.8, 4) is 5.75 Å². The summed E-state index contributed by atoms with van der Waals surface area (Å²) in [6, 6.07) is 19.7. The van der Waals surface area contributed by atoms with Crippen LogP contribution < -0.4 is 15.0 Å². The Labute approximate surface area is 235 Å². The number of anilines is 2. The predicted octanol–water partition coefficient (Wildman–Crippen LogP) is 4.47. The summed E-state index contributed by atoms with van der Waals surface area (Å²) in [6.45, 7) is -0.690. The van der Waals surface area contributed by atoms with Crippen LogP contribution in [0, 0.1) is 22.0 Å². The van der Waals surface area contributed by atoms with E-state index in [1.165, 1.54) is 60.0 Å². The first-order valence-electron chi connectivity index (χ1n) is 13.1. The maximum Gasteiger partial charge on any atom is 0.338 e.